The smallest absolute Gasteiger partial charge is 0.353 e. The molecule has 0 amide bonds. The van der Waals surface area contributed by atoms with Crippen LogP contribution >= 0.6 is 0 Å². The molecule has 0 aliphatic carbocycles. The molecule has 0 bridgehead atoms. The minimum Gasteiger partial charge on any atom is -0.367 e. The molecule has 1 aliphatic heterocycles. The van der Waals surface area contributed by atoms with Crippen molar-refractivity contribution in [3.63, 3.8) is 0 Å². The maximum atomic E-state index is 11.6. The lowest BCUT2D eigenvalue weighted by atomic mass is 10.3. The van der Waals surface area contributed by atoms with Gasteiger partial charge >= 0.3 is 5.69 Å². The molecule has 1 atom stereocenters. The summed E-state index contributed by atoms with van der Waals surface area (Å²) in [6.45, 7) is 1.89. The van der Waals surface area contributed by atoms with E-state index in [0.717, 1.165) is 0 Å². The molecule has 2 heterocycles. The van der Waals surface area contributed by atoms with Crippen LogP contribution in [-0.2, 0) is 9.84 Å². The van der Waals surface area contributed by atoms with Gasteiger partial charge in [0.1, 0.15) is 6.33 Å². The Balaban J connectivity index is 2.45. The van der Waals surface area contributed by atoms with Gasteiger partial charge < -0.3 is 10.2 Å². The fraction of sp³-hybridized carbons (Fsp3) is 0.600. The van der Waals surface area contributed by atoms with Gasteiger partial charge in [0.25, 0.3) is 0 Å². The van der Waals surface area contributed by atoms with Gasteiger partial charge in [0.2, 0.25) is 11.6 Å². The number of aromatic nitrogens is 2. The van der Waals surface area contributed by atoms with Crippen LogP contribution in [0.1, 0.15) is 6.92 Å². The molecule has 10 heteroatoms. The van der Waals surface area contributed by atoms with E-state index < -0.39 is 14.8 Å². The number of nitrogens with zero attached hydrogens (tertiary/aromatic N) is 4. The summed E-state index contributed by atoms with van der Waals surface area (Å²) in [6, 6.07) is -0.368. The van der Waals surface area contributed by atoms with Crippen molar-refractivity contribution in [2.75, 3.05) is 35.3 Å². The Kier molecular flexibility index (Phi) is 3.75. The Morgan fingerprint density at radius 2 is 2.20 bits per heavy atom. The van der Waals surface area contributed by atoms with E-state index in [-0.39, 0.29) is 41.4 Å². The number of sulfone groups is 1. The molecular weight excluding hydrogens is 286 g/mol. The molecule has 110 valence electrons. The average molecular weight is 301 g/mol. The zero-order chi connectivity index (χ0) is 14.9. The second-order valence-corrected chi connectivity index (χ2v) is 6.79. The molecule has 1 N–H and O–H groups in total. The molecule has 9 nitrogen and oxygen atoms in total. The van der Waals surface area contributed by atoms with E-state index in [1.807, 2.05) is 0 Å². The van der Waals surface area contributed by atoms with Gasteiger partial charge in [-0.15, -0.1) is 0 Å². The first kappa shape index (κ1) is 14.4. The largest absolute Gasteiger partial charge is 0.367 e. The lowest BCUT2D eigenvalue weighted by Gasteiger charge is -2.33. The molecule has 1 unspecified atom stereocenters. The normalized spacial score (nSPS) is 21.5. The van der Waals surface area contributed by atoms with Crippen molar-refractivity contribution in [3.8, 4) is 0 Å². The number of hydrogen-bond donors (Lipinski definition) is 1. The van der Waals surface area contributed by atoms with Crippen LogP contribution in [0.5, 0.6) is 0 Å². The van der Waals surface area contributed by atoms with Gasteiger partial charge in [0, 0.05) is 19.6 Å². The van der Waals surface area contributed by atoms with Crippen molar-refractivity contribution >= 4 is 27.2 Å². The quantitative estimate of drug-likeness (QED) is 0.614. The molecule has 1 aromatic rings. The number of nitrogens with one attached hydrogen (secondary N) is 1. The van der Waals surface area contributed by atoms with Crippen LogP contribution in [0.2, 0.25) is 0 Å². The van der Waals surface area contributed by atoms with E-state index >= 15 is 0 Å². The van der Waals surface area contributed by atoms with Crippen LogP contribution < -0.4 is 10.2 Å². The average Bonchev–Trinajstić information content (AvgIpc) is 2.36. The fourth-order valence-electron chi connectivity index (χ4n) is 2.24. The summed E-state index contributed by atoms with van der Waals surface area (Å²) in [5.74, 6) is 0.188. The molecule has 20 heavy (non-hydrogen) atoms. The van der Waals surface area contributed by atoms with Crippen molar-refractivity contribution in [3.05, 3.63) is 16.4 Å². The SMILES string of the molecule is CNc1ncnc(N2CCS(=O)(=O)CC2C)c1[N+](=O)[O-]. The van der Waals surface area contributed by atoms with Gasteiger partial charge in [0.05, 0.1) is 16.4 Å². The number of hydrogen-bond acceptors (Lipinski definition) is 8. The van der Waals surface area contributed by atoms with Crippen LogP contribution in [0.3, 0.4) is 0 Å². The van der Waals surface area contributed by atoms with Crippen LogP contribution in [0, 0.1) is 10.1 Å². The van der Waals surface area contributed by atoms with Crippen LogP contribution in [0.4, 0.5) is 17.3 Å². The first-order valence-electron chi connectivity index (χ1n) is 6.00. The topological polar surface area (TPSA) is 118 Å². The predicted molar refractivity (Wildman–Crippen MR) is 73.7 cm³/mol. The Bertz CT molecular complexity index is 633. The highest BCUT2D eigenvalue weighted by Crippen LogP contribution is 2.33. The van der Waals surface area contributed by atoms with E-state index in [1.165, 1.54) is 13.4 Å². The summed E-state index contributed by atoms with van der Waals surface area (Å²) in [6.07, 6.45) is 1.23. The van der Waals surface area contributed by atoms with Crippen molar-refractivity contribution in [1.29, 1.82) is 0 Å². The molecule has 1 aromatic heterocycles. The third kappa shape index (κ3) is 2.64. The number of nitro groups is 1. The minimum absolute atomic E-state index is 0.0343. The molecule has 2 rings (SSSR count). The highest BCUT2D eigenvalue weighted by molar-refractivity contribution is 7.91. The third-order valence-corrected chi connectivity index (χ3v) is 4.96. The maximum Gasteiger partial charge on any atom is 0.353 e. The minimum atomic E-state index is -3.09. The standard InChI is InChI=1S/C10H15N5O4S/c1-7-5-20(18,19)4-3-14(7)10-8(15(16)17)9(11-2)12-6-13-10/h6-7H,3-5H2,1-2H3,(H,11,12,13). The summed E-state index contributed by atoms with van der Waals surface area (Å²) in [4.78, 5) is 20.1. The van der Waals surface area contributed by atoms with Gasteiger partial charge in [-0.25, -0.2) is 18.4 Å². The van der Waals surface area contributed by atoms with Crippen molar-refractivity contribution in [2.24, 2.45) is 0 Å². The summed E-state index contributed by atoms with van der Waals surface area (Å²) >= 11 is 0. The zero-order valence-corrected chi connectivity index (χ0v) is 11.9. The molecule has 1 fully saturated rings. The Hall–Kier alpha value is -1.97. The van der Waals surface area contributed by atoms with Crippen LogP contribution in [0.15, 0.2) is 6.33 Å². The summed E-state index contributed by atoms with van der Waals surface area (Å²) in [5, 5.41) is 13.9. The summed E-state index contributed by atoms with van der Waals surface area (Å²) < 4.78 is 23.1. The van der Waals surface area contributed by atoms with E-state index in [9.17, 15) is 18.5 Å². The predicted octanol–water partition coefficient (Wildman–Crippen LogP) is 0.0498. The summed E-state index contributed by atoms with van der Waals surface area (Å²) in [5.41, 5.74) is -0.235. The Labute approximate surface area is 116 Å². The Morgan fingerprint density at radius 1 is 1.50 bits per heavy atom. The Morgan fingerprint density at radius 3 is 2.75 bits per heavy atom. The van der Waals surface area contributed by atoms with Gasteiger partial charge in [-0.2, -0.15) is 0 Å². The molecule has 1 aliphatic rings. The zero-order valence-electron chi connectivity index (χ0n) is 11.1. The van der Waals surface area contributed by atoms with E-state index in [2.05, 4.69) is 15.3 Å². The molecule has 0 radical (unpaired) electrons. The highest BCUT2D eigenvalue weighted by Gasteiger charge is 2.34. The first-order chi connectivity index (χ1) is 9.35. The van der Waals surface area contributed by atoms with Gasteiger partial charge in [-0.3, -0.25) is 10.1 Å². The highest BCUT2D eigenvalue weighted by atomic mass is 32.2. The molecule has 1 saturated heterocycles. The molecule has 0 spiro atoms. The van der Waals surface area contributed by atoms with Gasteiger partial charge in [0.15, 0.2) is 9.84 Å². The lowest BCUT2D eigenvalue weighted by molar-refractivity contribution is -0.383. The van der Waals surface area contributed by atoms with Crippen LogP contribution in [0.25, 0.3) is 0 Å². The molecular formula is C10H15N5O4S. The molecule has 0 aromatic carbocycles. The van der Waals surface area contributed by atoms with Crippen molar-refractivity contribution < 1.29 is 13.3 Å². The van der Waals surface area contributed by atoms with Crippen molar-refractivity contribution in [1.82, 2.24) is 9.97 Å². The van der Waals surface area contributed by atoms with Gasteiger partial charge in [-0.1, -0.05) is 0 Å². The van der Waals surface area contributed by atoms with Gasteiger partial charge in [-0.05, 0) is 6.92 Å². The monoisotopic (exact) mass is 301 g/mol. The summed E-state index contributed by atoms with van der Waals surface area (Å²) in [7, 11) is -1.56. The van der Waals surface area contributed by atoms with Crippen molar-refractivity contribution in [2.45, 2.75) is 13.0 Å². The molecule has 0 saturated carbocycles. The second kappa shape index (κ2) is 5.19. The van der Waals surface area contributed by atoms with E-state index in [0.29, 0.717) is 0 Å². The van der Waals surface area contributed by atoms with E-state index in [4.69, 9.17) is 0 Å². The maximum absolute atomic E-state index is 11.6. The van der Waals surface area contributed by atoms with Crippen LogP contribution in [-0.4, -0.2) is 54.4 Å². The number of anilines is 2. The fourth-order valence-corrected chi connectivity index (χ4v) is 3.80. The third-order valence-electron chi connectivity index (χ3n) is 3.16. The van der Waals surface area contributed by atoms with E-state index in [1.54, 1.807) is 11.8 Å². The lowest BCUT2D eigenvalue weighted by Crippen LogP contribution is -2.47. The second-order valence-electron chi connectivity index (χ2n) is 4.56. The number of rotatable bonds is 3. The first-order valence-corrected chi connectivity index (χ1v) is 7.82.